The van der Waals surface area contributed by atoms with Crippen molar-refractivity contribution in [2.24, 2.45) is 0 Å². The Hall–Kier alpha value is -2.17. The summed E-state index contributed by atoms with van der Waals surface area (Å²) >= 11 is 5.91. The van der Waals surface area contributed by atoms with E-state index in [-0.39, 0.29) is 18.4 Å². The summed E-state index contributed by atoms with van der Waals surface area (Å²) in [6.45, 7) is 0.996. The number of benzene rings is 2. The molecule has 4 nitrogen and oxygen atoms in total. The van der Waals surface area contributed by atoms with Gasteiger partial charge in [0.1, 0.15) is 11.9 Å². The van der Waals surface area contributed by atoms with Crippen LogP contribution in [0.4, 0.5) is 0 Å². The van der Waals surface area contributed by atoms with Crippen LogP contribution in [0.2, 0.25) is 5.02 Å². The number of carbonyl (C=O) groups excluding carboxylic acids is 1. The van der Waals surface area contributed by atoms with Gasteiger partial charge in [-0.1, -0.05) is 23.7 Å². The minimum atomic E-state index is -0.0320. The van der Waals surface area contributed by atoms with Gasteiger partial charge in [-0.2, -0.15) is 0 Å². The van der Waals surface area contributed by atoms with Gasteiger partial charge in [0.25, 0.3) is 0 Å². The molecule has 0 N–H and O–H groups in total. The summed E-state index contributed by atoms with van der Waals surface area (Å²) in [7, 11) is 0. The molecule has 0 aliphatic carbocycles. The molecular weight excluding hydrogens is 324 g/mol. The van der Waals surface area contributed by atoms with Crippen LogP contribution in [-0.2, 0) is 11.3 Å². The first kappa shape index (κ1) is 15.4. The van der Waals surface area contributed by atoms with E-state index >= 15 is 0 Å². The van der Waals surface area contributed by atoms with E-state index in [4.69, 9.17) is 21.3 Å². The SMILES string of the molecule is O=C(Cn1c(C2CCCO2)nc2ccccc21)c1ccc(Cl)cc1. The normalized spacial score (nSPS) is 17.5. The van der Waals surface area contributed by atoms with Crippen LogP contribution in [0.3, 0.4) is 0 Å². The highest BCUT2D eigenvalue weighted by Crippen LogP contribution is 2.30. The summed E-state index contributed by atoms with van der Waals surface area (Å²) in [5.41, 5.74) is 2.51. The number of carbonyl (C=O) groups is 1. The average Bonchev–Trinajstić information content (AvgIpc) is 3.23. The Morgan fingerprint density at radius 3 is 2.75 bits per heavy atom. The van der Waals surface area contributed by atoms with Crippen molar-refractivity contribution in [1.29, 1.82) is 0 Å². The van der Waals surface area contributed by atoms with Gasteiger partial charge in [-0.25, -0.2) is 4.98 Å². The van der Waals surface area contributed by atoms with Gasteiger partial charge in [0.05, 0.1) is 17.6 Å². The predicted molar refractivity (Wildman–Crippen MR) is 93.4 cm³/mol. The lowest BCUT2D eigenvalue weighted by molar-refractivity contribution is 0.0933. The predicted octanol–water partition coefficient (Wildman–Crippen LogP) is 4.42. The fourth-order valence-corrected chi connectivity index (χ4v) is 3.28. The monoisotopic (exact) mass is 340 g/mol. The van der Waals surface area contributed by atoms with Crippen LogP contribution in [0.1, 0.15) is 35.1 Å². The quantitative estimate of drug-likeness (QED) is 0.660. The van der Waals surface area contributed by atoms with Gasteiger partial charge in [-0.15, -0.1) is 0 Å². The summed E-state index contributed by atoms with van der Waals surface area (Å²) in [5.74, 6) is 0.880. The van der Waals surface area contributed by atoms with Crippen LogP contribution in [0.25, 0.3) is 11.0 Å². The van der Waals surface area contributed by atoms with Gasteiger partial charge in [-0.3, -0.25) is 4.79 Å². The Bertz CT molecular complexity index is 880. The van der Waals surface area contributed by atoms with Crippen molar-refractivity contribution in [3.8, 4) is 0 Å². The number of ether oxygens (including phenoxy) is 1. The van der Waals surface area contributed by atoms with Crippen LogP contribution >= 0.6 is 11.6 Å². The molecule has 0 bridgehead atoms. The first-order valence-electron chi connectivity index (χ1n) is 8.08. The molecule has 1 aromatic heterocycles. The van der Waals surface area contributed by atoms with Crippen molar-refractivity contribution in [3.63, 3.8) is 0 Å². The first-order chi connectivity index (χ1) is 11.7. The lowest BCUT2D eigenvalue weighted by Gasteiger charge is -2.13. The Balaban J connectivity index is 1.72. The number of hydrogen-bond acceptors (Lipinski definition) is 3. The molecule has 122 valence electrons. The molecule has 0 radical (unpaired) electrons. The molecule has 0 spiro atoms. The highest BCUT2D eigenvalue weighted by atomic mass is 35.5. The van der Waals surface area contributed by atoms with Crippen molar-refractivity contribution >= 4 is 28.4 Å². The molecule has 2 heterocycles. The lowest BCUT2D eigenvalue weighted by Crippen LogP contribution is -2.15. The number of halogens is 1. The molecule has 2 aromatic carbocycles. The third kappa shape index (κ3) is 2.83. The van der Waals surface area contributed by atoms with E-state index in [0.29, 0.717) is 10.6 Å². The van der Waals surface area contributed by atoms with E-state index in [0.717, 1.165) is 36.3 Å². The molecule has 5 heteroatoms. The molecular formula is C19H17ClN2O2. The highest BCUT2D eigenvalue weighted by molar-refractivity contribution is 6.30. The van der Waals surface area contributed by atoms with E-state index in [1.807, 2.05) is 28.8 Å². The van der Waals surface area contributed by atoms with Crippen LogP contribution in [-0.4, -0.2) is 21.9 Å². The zero-order valence-corrected chi connectivity index (χ0v) is 13.9. The number of ketones is 1. The third-order valence-corrected chi connectivity index (χ3v) is 4.62. The maximum Gasteiger partial charge on any atom is 0.182 e. The van der Waals surface area contributed by atoms with Gasteiger partial charge in [0, 0.05) is 17.2 Å². The van der Waals surface area contributed by atoms with Crippen molar-refractivity contribution in [2.45, 2.75) is 25.5 Å². The Morgan fingerprint density at radius 2 is 2.00 bits per heavy atom. The fourth-order valence-electron chi connectivity index (χ4n) is 3.16. The number of para-hydroxylation sites is 2. The zero-order valence-electron chi connectivity index (χ0n) is 13.1. The largest absolute Gasteiger partial charge is 0.370 e. The Labute approximate surface area is 145 Å². The maximum absolute atomic E-state index is 12.7. The Kier molecular flexibility index (Phi) is 4.08. The molecule has 0 amide bonds. The van der Waals surface area contributed by atoms with E-state index in [1.165, 1.54) is 0 Å². The number of rotatable bonds is 4. The van der Waals surface area contributed by atoms with Gasteiger partial charge in [0.15, 0.2) is 5.78 Å². The number of Topliss-reactive ketones (excluding diaryl/α,β-unsaturated/α-hetero) is 1. The lowest BCUT2D eigenvalue weighted by atomic mass is 10.1. The standard InChI is InChI=1S/C19H17ClN2O2/c20-14-9-7-13(8-10-14)17(23)12-22-16-5-2-1-4-15(16)21-19(22)18-6-3-11-24-18/h1-2,4-5,7-10,18H,3,6,11-12H2. The third-order valence-electron chi connectivity index (χ3n) is 4.37. The van der Waals surface area contributed by atoms with E-state index in [1.54, 1.807) is 24.3 Å². The van der Waals surface area contributed by atoms with Gasteiger partial charge >= 0.3 is 0 Å². The van der Waals surface area contributed by atoms with Crippen molar-refractivity contribution in [1.82, 2.24) is 9.55 Å². The van der Waals surface area contributed by atoms with E-state index < -0.39 is 0 Å². The Morgan fingerprint density at radius 1 is 1.21 bits per heavy atom. The summed E-state index contributed by atoms with van der Waals surface area (Å²) < 4.78 is 7.79. The second-order valence-corrected chi connectivity index (χ2v) is 6.41. The fraction of sp³-hybridized carbons (Fsp3) is 0.263. The second-order valence-electron chi connectivity index (χ2n) is 5.98. The summed E-state index contributed by atoms with van der Waals surface area (Å²) in [5, 5.41) is 0.625. The molecule has 0 saturated carbocycles. The minimum absolute atomic E-state index is 0.0320. The molecule has 24 heavy (non-hydrogen) atoms. The molecule has 1 fully saturated rings. The molecule has 3 aromatic rings. The van der Waals surface area contributed by atoms with Crippen LogP contribution in [0.15, 0.2) is 48.5 Å². The highest BCUT2D eigenvalue weighted by Gasteiger charge is 2.25. The maximum atomic E-state index is 12.7. The molecule has 4 rings (SSSR count). The van der Waals surface area contributed by atoms with Gasteiger partial charge < -0.3 is 9.30 Å². The topological polar surface area (TPSA) is 44.1 Å². The minimum Gasteiger partial charge on any atom is -0.370 e. The summed E-state index contributed by atoms with van der Waals surface area (Å²) in [4.78, 5) is 17.4. The zero-order chi connectivity index (χ0) is 16.5. The molecule has 1 atom stereocenters. The van der Waals surface area contributed by atoms with Crippen LogP contribution < -0.4 is 0 Å². The molecule has 1 saturated heterocycles. The van der Waals surface area contributed by atoms with E-state index in [2.05, 4.69) is 0 Å². The van der Waals surface area contributed by atoms with Gasteiger partial charge in [0.2, 0.25) is 0 Å². The van der Waals surface area contributed by atoms with Crippen LogP contribution in [0.5, 0.6) is 0 Å². The van der Waals surface area contributed by atoms with E-state index in [9.17, 15) is 4.79 Å². The number of nitrogens with zero attached hydrogens (tertiary/aromatic N) is 2. The summed E-state index contributed by atoms with van der Waals surface area (Å²) in [6, 6.07) is 14.9. The number of imidazole rings is 1. The molecule has 1 unspecified atom stereocenters. The van der Waals surface area contributed by atoms with Crippen LogP contribution in [0, 0.1) is 0 Å². The van der Waals surface area contributed by atoms with Crippen molar-refractivity contribution in [3.05, 3.63) is 64.9 Å². The number of fused-ring (bicyclic) bond motifs is 1. The summed E-state index contributed by atoms with van der Waals surface area (Å²) in [6.07, 6.45) is 1.94. The average molecular weight is 341 g/mol. The molecule has 1 aliphatic rings. The number of aromatic nitrogens is 2. The second kappa shape index (κ2) is 6.38. The van der Waals surface area contributed by atoms with Crippen molar-refractivity contribution in [2.75, 3.05) is 6.61 Å². The van der Waals surface area contributed by atoms with Crippen molar-refractivity contribution < 1.29 is 9.53 Å². The molecule has 1 aliphatic heterocycles. The number of hydrogen-bond donors (Lipinski definition) is 0. The van der Waals surface area contributed by atoms with Gasteiger partial charge in [-0.05, 0) is 49.2 Å². The smallest absolute Gasteiger partial charge is 0.182 e. The first-order valence-corrected chi connectivity index (χ1v) is 8.46.